The van der Waals surface area contributed by atoms with Gasteiger partial charge in [-0.1, -0.05) is 13.0 Å². The van der Waals surface area contributed by atoms with E-state index in [0.29, 0.717) is 12.1 Å². The van der Waals surface area contributed by atoms with E-state index in [9.17, 15) is 0 Å². The molecule has 0 saturated carbocycles. The van der Waals surface area contributed by atoms with Crippen LogP contribution in [0.5, 0.6) is 0 Å². The molecule has 1 atom stereocenters. The number of likely N-dealkylation sites (N-methyl/N-ethyl adjacent to an activating group) is 1. The Morgan fingerprint density at radius 2 is 2.00 bits per heavy atom. The van der Waals surface area contributed by atoms with Crippen molar-refractivity contribution in [2.24, 2.45) is 0 Å². The largest absolute Gasteiger partial charge is 0.315 e. The summed E-state index contributed by atoms with van der Waals surface area (Å²) in [6, 6.07) is 1.17. The van der Waals surface area contributed by atoms with Crippen LogP contribution in [0.2, 0.25) is 0 Å². The summed E-state index contributed by atoms with van der Waals surface area (Å²) < 4.78 is 0. The standard InChI is InChI=1S/C11H24N2/c1-6-8-13(10(3)4)11(5)9-12-7-2/h6,10-12H,1,7-9H2,2-5H3. The molecular formula is C11H24N2. The van der Waals surface area contributed by atoms with Crippen LogP contribution in [0.4, 0.5) is 0 Å². The van der Waals surface area contributed by atoms with Crippen molar-refractivity contribution in [1.82, 2.24) is 10.2 Å². The second-order valence-corrected chi connectivity index (χ2v) is 3.74. The van der Waals surface area contributed by atoms with Crippen LogP contribution in [0.25, 0.3) is 0 Å². The zero-order chi connectivity index (χ0) is 10.3. The minimum atomic E-state index is 0.581. The first-order chi connectivity index (χ1) is 6.13. The fourth-order valence-corrected chi connectivity index (χ4v) is 1.52. The summed E-state index contributed by atoms with van der Waals surface area (Å²) in [6.45, 7) is 15.7. The first kappa shape index (κ1) is 12.7. The molecule has 78 valence electrons. The van der Waals surface area contributed by atoms with Crippen LogP contribution in [0, 0.1) is 0 Å². The number of hydrogen-bond donors (Lipinski definition) is 1. The van der Waals surface area contributed by atoms with Gasteiger partial charge in [0.15, 0.2) is 0 Å². The van der Waals surface area contributed by atoms with Crippen LogP contribution in [0.1, 0.15) is 27.7 Å². The van der Waals surface area contributed by atoms with E-state index in [1.165, 1.54) is 0 Å². The molecule has 1 N–H and O–H groups in total. The van der Waals surface area contributed by atoms with Crippen LogP contribution in [0.15, 0.2) is 12.7 Å². The molecule has 1 unspecified atom stereocenters. The second kappa shape index (κ2) is 7.10. The zero-order valence-electron chi connectivity index (χ0n) is 9.51. The minimum Gasteiger partial charge on any atom is -0.315 e. The molecule has 2 heteroatoms. The lowest BCUT2D eigenvalue weighted by Gasteiger charge is -2.31. The van der Waals surface area contributed by atoms with Crippen molar-refractivity contribution in [3.63, 3.8) is 0 Å². The molecule has 0 rings (SSSR count). The maximum absolute atomic E-state index is 3.78. The van der Waals surface area contributed by atoms with Crippen LogP contribution < -0.4 is 5.32 Å². The van der Waals surface area contributed by atoms with Crippen LogP contribution in [-0.2, 0) is 0 Å². The Morgan fingerprint density at radius 1 is 1.38 bits per heavy atom. The Labute approximate surface area is 83.0 Å². The molecular weight excluding hydrogens is 160 g/mol. The van der Waals surface area contributed by atoms with Gasteiger partial charge in [0.1, 0.15) is 0 Å². The smallest absolute Gasteiger partial charge is 0.0198 e. The number of nitrogens with one attached hydrogen (secondary N) is 1. The van der Waals surface area contributed by atoms with E-state index in [1.807, 2.05) is 6.08 Å². The normalized spacial score (nSPS) is 13.7. The molecule has 0 aliphatic heterocycles. The Hall–Kier alpha value is -0.340. The Bertz CT molecular complexity index is 132. The fraction of sp³-hybridized carbons (Fsp3) is 0.818. The van der Waals surface area contributed by atoms with E-state index in [-0.39, 0.29) is 0 Å². The maximum Gasteiger partial charge on any atom is 0.0198 e. The van der Waals surface area contributed by atoms with Crippen molar-refractivity contribution < 1.29 is 0 Å². The van der Waals surface area contributed by atoms with Crippen molar-refractivity contribution in [1.29, 1.82) is 0 Å². The Kier molecular flexibility index (Phi) is 6.92. The quantitative estimate of drug-likeness (QED) is 0.608. The summed E-state index contributed by atoms with van der Waals surface area (Å²) in [7, 11) is 0. The maximum atomic E-state index is 3.78. The van der Waals surface area contributed by atoms with E-state index in [2.05, 4.69) is 44.5 Å². The summed E-state index contributed by atoms with van der Waals surface area (Å²) in [4.78, 5) is 2.44. The van der Waals surface area contributed by atoms with Crippen molar-refractivity contribution in [3.8, 4) is 0 Å². The van der Waals surface area contributed by atoms with Gasteiger partial charge in [0, 0.05) is 25.2 Å². The van der Waals surface area contributed by atoms with Gasteiger partial charge in [-0.2, -0.15) is 0 Å². The third-order valence-electron chi connectivity index (χ3n) is 2.26. The number of nitrogens with zero attached hydrogens (tertiary/aromatic N) is 1. The molecule has 0 aromatic rings. The number of rotatable bonds is 7. The van der Waals surface area contributed by atoms with Gasteiger partial charge in [0.2, 0.25) is 0 Å². The van der Waals surface area contributed by atoms with Gasteiger partial charge in [-0.25, -0.2) is 0 Å². The van der Waals surface area contributed by atoms with Crippen molar-refractivity contribution in [2.75, 3.05) is 19.6 Å². The summed E-state index contributed by atoms with van der Waals surface area (Å²) >= 11 is 0. The van der Waals surface area contributed by atoms with E-state index in [1.54, 1.807) is 0 Å². The highest BCUT2D eigenvalue weighted by Gasteiger charge is 2.14. The topological polar surface area (TPSA) is 15.3 Å². The van der Waals surface area contributed by atoms with Gasteiger partial charge in [-0.15, -0.1) is 6.58 Å². The third-order valence-corrected chi connectivity index (χ3v) is 2.26. The van der Waals surface area contributed by atoms with Crippen LogP contribution in [0.3, 0.4) is 0 Å². The summed E-state index contributed by atoms with van der Waals surface area (Å²) in [6.07, 6.45) is 1.97. The van der Waals surface area contributed by atoms with Crippen molar-refractivity contribution >= 4 is 0 Å². The monoisotopic (exact) mass is 184 g/mol. The van der Waals surface area contributed by atoms with E-state index >= 15 is 0 Å². The lowest BCUT2D eigenvalue weighted by atomic mass is 10.2. The molecule has 0 aliphatic rings. The highest BCUT2D eigenvalue weighted by molar-refractivity contribution is 4.80. The molecule has 2 nitrogen and oxygen atoms in total. The van der Waals surface area contributed by atoms with E-state index in [4.69, 9.17) is 0 Å². The number of hydrogen-bond acceptors (Lipinski definition) is 2. The van der Waals surface area contributed by atoms with E-state index < -0.39 is 0 Å². The van der Waals surface area contributed by atoms with Gasteiger partial charge < -0.3 is 5.32 Å². The fourth-order valence-electron chi connectivity index (χ4n) is 1.52. The lowest BCUT2D eigenvalue weighted by Crippen LogP contribution is -2.44. The Morgan fingerprint density at radius 3 is 2.38 bits per heavy atom. The molecule has 0 bridgehead atoms. The molecule has 0 radical (unpaired) electrons. The van der Waals surface area contributed by atoms with Crippen molar-refractivity contribution in [2.45, 2.75) is 39.8 Å². The molecule has 0 aromatic heterocycles. The van der Waals surface area contributed by atoms with Gasteiger partial charge in [-0.3, -0.25) is 4.90 Å². The first-order valence-electron chi connectivity index (χ1n) is 5.20. The predicted octanol–water partition coefficient (Wildman–Crippen LogP) is 1.88. The second-order valence-electron chi connectivity index (χ2n) is 3.74. The average molecular weight is 184 g/mol. The SMILES string of the molecule is C=CCN(C(C)C)C(C)CNCC. The van der Waals surface area contributed by atoms with E-state index in [0.717, 1.165) is 19.6 Å². The van der Waals surface area contributed by atoms with Crippen LogP contribution >= 0.6 is 0 Å². The van der Waals surface area contributed by atoms with Gasteiger partial charge in [-0.05, 0) is 27.3 Å². The zero-order valence-corrected chi connectivity index (χ0v) is 9.51. The highest BCUT2D eigenvalue weighted by atomic mass is 15.2. The van der Waals surface area contributed by atoms with Gasteiger partial charge in [0.05, 0.1) is 0 Å². The molecule has 0 amide bonds. The van der Waals surface area contributed by atoms with Crippen LogP contribution in [-0.4, -0.2) is 36.6 Å². The first-order valence-corrected chi connectivity index (χ1v) is 5.20. The molecule has 13 heavy (non-hydrogen) atoms. The Balaban J connectivity index is 3.94. The van der Waals surface area contributed by atoms with Gasteiger partial charge >= 0.3 is 0 Å². The molecule has 0 heterocycles. The predicted molar refractivity (Wildman–Crippen MR) is 60.0 cm³/mol. The third kappa shape index (κ3) is 5.06. The molecule has 0 aliphatic carbocycles. The molecule has 0 fully saturated rings. The van der Waals surface area contributed by atoms with Gasteiger partial charge in [0.25, 0.3) is 0 Å². The lowest BCUT2D eigenvalue weighted by molar-refractivity contribution is 0.181. The minimum absolute atomic E-state index is 0.581. The summed E-state index contributed by atoms with van der Waals surface area (Å²) in [5.74, 6) is 0. The highest BCUT2D eigenvalue weighted by Crippen LogP contribution is 2.04. The summed E-state index contributed by atoms with van der Waals surface area (Å²) in [5.41, 5.74) is 0. The molecule has 0 saturated heterocycles. The molecule has 0 aromatic carbocycles. The average Bonchev–Trinajstić information content (AvgIpc) is 2.09. The van der Waals surface area contributed by atoms with Crippen molar-refractivity contribution in [3.05, 3.63) is 12.7 Å². The summed E-state index contributed by atoms with van der Waals surface area (Å²) in [5, 5.41) is 3.37. The molecule has 0 spiro atoms.